The summed E-state index contributed by atoms with van der Waals surface area (Å²) in [6.07, 6.45) is 5.50. The number of nitrogens with zero attached hydrogens (tertiary/aromatic N) is 1. The zero-order valence-electron chi connectivity index (χ0n) is 11.8. The van der Waals surface area contributed by atoms with Gasteiger partial charge in [0.25, 0.3) is 0 Å². The average molecular weight is 292 g/mol. The molecule has 0 spiro atoms. The van der Waals surface area contributed by atoms with Crippen LogP contribution in [0.15, 0.2) is 53.9 Å². The number of aromatic amines is 1. The van der Waals surface area contributed by atoms with Crippen LogP contribution in [0.3, 0.4) is 0 Å². The number of benzene rings is 1. The van der Waals surface area contributed by atoms with Gasteiger partial charge in [0.15, 0.2) is 0 Å². The van der Waals surface area contributed by atoms with Crippen molar-refractivity contribution in [3.63, 3.8) is 0 Å². The molecule has 1 N–H and O–H groups in total. The highest BCUT2D eigenvalue weighted by Crippen LogP contribution is 2.38. The molecule has 1 atom stereocenters. The lowest BCUT2D eigenvalue weighted by molar-refractivity contribution is 0.577. The van der Waals surface area contributed by atoms with Crippen LogP contribution in [0.1, 0.15) is 23.7 Å². The number of fused-ring (bicyclic) bond motifs is 1. The van der Waals surface area contributed by atoms with Crippen molar-refractivity contribution in [1.82, 2.24) is 10.2 Å². The molecular weight excluding hydrogens is 276 g/mol. The molecule has 0 amide bonds. The minimum atomic E-state index is 0.0352. The Kier molecular flexibility index (Phi) is 2.82. The van der Waals surface area contributed by atoms with Crippen LogP contribution in [-0.2, 0) is 11.8 Å². The van der Waals surface area contributed by atoms with E-state index in [4.69, 9.17) is 0 Å². The minimum Gasteiger partial charge on any atom is -0.281 e. The van der Waals surface area contributed by atoms with Crippen molar-refractivity contribution in [2.75, 3.05) is 0 Å². The zero-order valence-corrected chi connectivity index (χ0v) is 12.7. The fourth-order valence-corrected chi connectivity index (χ4v) is 3.74. The van der Waals surface area contributed by atoms with Gasteiger partial charge in [-0.1, -0.05) is 55.5 Å². The van der Waals surface area contributed by atoms with Gasteiger partial charge < -0.3 is 0 Å². The molecule has 4 rings (SSSR count). The molecule has 1 aliphatic carbocycles. The number of aromatic nitrogens is 2. The standard InChI is InChI=1S/C18H16N2S/c1-18(13-6-3-2-4-7-13)10-9-14-15(12-18)19-20-17(14)16-8-5-11-21-16/h2-11H,12H2,1H3,(H,19,20). The Morgan fingerprint density at radius 2 is 2.00 bits per heavy atom. The molecular formula is C18H16N2S. The molecule has 2 nitrogen and oxygen atoms in total. The summed E-state index contributed by atoms with van der Waals surface area (Å²) >= 11 is 1.73. The molecule has 1 aromatic carbocycles. The molecule has 0 fully saturated rings. The Bertz CT molecular complexity index is 784. The van der Waals surface area contributed by atoms with Gasteiger partial charge in [-0.25, -0.2) is 0 Å². The number of thiophene rings is 1. The predicted octanol–water partition coefficient (Wildman–Crippen LogP) is 4.67. The summed E-state index contributed by atoms with van der Waals surface area (Å²) in [7, 11) is 0. The summed E-state index contributed by atoms with van der Waals surface area (Å²) in [4.78, 5) is 1.22. The lowest BCUT2D eigenvalue weighted by Gasteiger charge is -2.29. The van der Waals surface area contributed by atoms with Crippen LogP contribution in [-0.4, -0.2) is 10.2 Å². The van der Waals surface area contributed by atoms with E-state index in [2.05, 4.69) is 77.1 Å². The SMILES string of the molecule is CC1(c2ccccc2)C=Cc2c(-c3cccs3)n[nH]c2C1. The molecule has 0 saturated carbocycles. The quantitative estimate of drug-likeness (QED) is 0.731. The second-order valence-electron chi connectivity index (χ2n) is 5.74. The van der Waals surface area contributed by atoms with Crippen molar-refractivity contribution in [2.45, 2.75) is 18.8 Å². The molecule has 3 aromatic rings. The highest BCUT2D eigenvalue weighted by Gasteiger charge is 2.30. The topological polar surface area (TPSA) is 28.7 Å². The first-order valence-corrected chi connectivity index (χ1v) is 8.00. The van der Waals surface area contributed by atoms with Gasteiger partial charge in [-0.15, -0.1) is 11.3 Å². The van der Waals surface area contributed by atoms with E-state index >= 15 is 0 Å². The molecule has 0 aliphatic heterocycles. The van der Waals surface area contributed by atoms with E-state index in [1.165, 1.54) is 21.7 Å². The Balaban J connectivity index is 1.76. The van der Waals surface area contributed by atoms with Crippen LogP contribution in [0.2, 0.25) is 0 Å². The fraction of sp³-hybridized carbons (Fsp3) is 0.167. The Morgan fingerprint density at radius 1 is 1.14 bits per heavy atom. The van der Waals surface area contributed by atoms with Crippen molar-refractivity contribution in [3.8, 4) is 10.6 Å². The number of hydrogen-bond donors (Lipinski definition) is 1. The molecule has 1 unspecified atom stereocenters. The molecule has 0 saturated heterocycles. The Labute approximate surface area is 128 Å². The van der Waals surface area contributed by atoms with E-state index in [1.807, 2.05) is 0 Å². The van der Waals surface area contributed by atoms with Crippen LogP contribution in [0.4, 0.5) is 0 Å². The number of H-pyrrole nitrogens is 1. The molecule has 3 heteroatoms. The van der Waals surface area contributed by atoms with Crippen molar-refractivity contribution >= 4 is 17.4 Å². The third-order valence-corrected chi connectivity index (χ3v) is 5.11. The molecule has 2 heterocycles. The first-order chi connectivity index (χ1) is 10.3. The Morgan fingerprint density at radius 3 is 2.76 bits per heavy atom. The lowest BCUT2D eigenvalue weighted by atomic mass is 9.74. The summed E-state index contributed by atoms with van der Waals surface area (Å²) in [6, 6.07) is 14.9. The largest absolute Gasteiger partial charge is 0.281 e. The predicted molar refractivity (Wildman–Crippen MR) is 88.4 cm³/mol. The summed E-state index contributed by atoms with van der Waals surface area (Å²) in [5, 5.41) is 9.87. The van der Waals surface area contributed by atoms with Crippen molar-refractivity contribution < 1.29 is 0 Å². The van der Waals surface area contributed by atoms with E-state index in [0.717, 1.165) is 12.1 Å². The molecule has 21 heavy (non-hydrogen) atoms. The molecule has 0 bridgehead atoms. The first-order valence-electron chi connectivity index (χ1n) is 7.12. The van der Waals surface area contributed by atoms with Crippen LogP contribution < -0.4 is 0 Å². The fourth-order valence-electron chi connectivity index (χ4n) is 3.01. The summed E-state index contributed by atoms with van der Waals surface area (Å²) in [5.74, 6) is 0. The van der Waals surface area contributed by atoms with Gasteiger partial charge in [-0.05, 0) is 17.0 Å². The highest BCUT2D eigenvalue weighted by atomic mass is 32.1. The Hall–Kier alpha value is -2.13. The van der Waals surface area contributed by atoms with Gasteiger partial charge in [0.05, 0.1) is 4.88 Å². The van der Waals surface area contributed by atoms with Crippen molar-refractivity contribution in [2.24, 2.45) is 0 Å². The molecule has 0 radical (unpaired) electrons. The van der Waals surface area contributed by atoms with Crippen LogP contribution >= 0.6 is 11.3 Å². The maximum absolute atomic E-state index is 4.53. The maximum Gasteiger partial charge on any atom is 0.109 e. The van der Waals surface area contributed by atoms with Gasteiger partial charge in [0.1, 0.15) is 5.69 Å². The first kappa shape index (κ1) is 12.6. The lowest BCUT2D eigenvalue weighted by Crippen LogP contribution is -2.25. The van der Waals surface area contributed by atoms with Crippen LogP contribution in [0.5, 0.6) is 0 Å². The number of hydrogen-bond acceptors (Lipinski definition) is 2. The van der Waals surface area contributed by atoms with Crippen LogP contribution in [0, 0.1) is 0 Å². The van der Waals surface area contributed by atoms with E-state index in [-0.39, 0.29) is 5.41 Å². The second kappa shape index (κ2) is 4.71. The molecule has 2 aromatic heterocycles. The summed E-state index contributed by atoms with van der Waals surface area (Å²) in [6.45, 7) is 2.29. The van der Waals surface area contributed by atoms with Crippen molar-refractivity contribution in [1.29, 1.82) is 0 Å². The zero-order chi connectivity index (χ0) is 14.3. The van der Waals surface area contributed by atoms with E-state index in [1.54, 1.807) is 11.3 Å². The maximum atomic E-state index is 4.53. The number of rotatable bonds is 2. The third kappa shape index (κ3) is 2.05. The van der Waals surface area contributed by atoms with Gasteiger partial charge in [0.2, 0.25) is 0 Å². The van der Waals surface area contributed by atoms with E-state index in [9.17, 15) is 0 Å². The minimum absolute atomic E-state index is 0.0352. The van der Waals surface area contributed by atoms with Gasteiger partial charge in [-0.3, -0.25) is 5.10 Å². The van der Waals surface area contributed by atoms with E-state index < -0.39 is 0 Å². The third-order valence-electron chi connectivity index (χ3n) is 4.23. The second-order valence-corrected chi connectivity index (χ2v) is 6.68. The molecule has 1 aliphatic rings. The van der Waals surface area contributed by atoms with Gasteiger partial charge in [0, 0.05) is 23.1 Å². The van der Waals surface area contributed by atoms with Crippen molar-refractivity contribution in [3.05, 3.63) is 70.7 Å². The average Bonchev–Trinajstić information content (AvgIpc) is 3.16. The van der Waals surface area contributed by atoms with Gasteiger partial charge in [-0.2, -0.15) is 5.10 Å². The highest BCUT2D eigenvalue weighted by molar-refractivity contribution is 7.13. The summed E-state index contributed by atoms with van der Waals surface area (Å²) in [5.41, 5.74) is 4.93. The summed E-state index contributed by atoms with van der Waals surface area (Å²) < 4.78 is 0. The van der Waals surface area contributed by atoms with Gasteiger partial charge >= 0.3 is 0 Å². The smallest absolute Gasteiger partial charge is 0.109 e. The van der Waals surface area contributed by atoms with E-state index in [0.29, 0.717) is 0 Å². The monoisotopic (exact) mass is 292 g/mol. The number of allylic oxidation sites excluding steroid dienone is 1. The molecule has 104 valence electrons. The number of nitrogens with one attached hydrogen (secondary N) is 1. The normalized spacial score (nSPS) is 20.4. The van der Waals surface area contributed by atoms with Crippen LogP contribution in [0.25, 0.3) is 16.6 Å².